The molecule has 0 radical (unpaired) electrons. The molecular formula is C41H24N6OS. The first-order valence-corrected chi connectivity index (χ1v) is 16.8. The van der Waals surface area contributed by atoms with Crippen LogP contribution in [-0.4, -0.2) is 28.9 Å². The maximum atomic E-state index is 14.1. The molecule has 0 spiro atoms. The van der Waals surface area contributed by atoms with E-state index in [0.29, 0.717) is 27.8 Å². The lowest BCUT2D eigenvalue weighted by molar-refractivity contribution is 1.07. The Bertz CT molecular complexity index is 2910. The number of rotatable bonds is 4. The molecule has 0 fully saturated rings. The molecule has 0 saturated heterocycles. The minimum Gasteiger partial charge on any atom is -0.309 e. The Morgan fingerprint density at radius 2 is 1.08 bits per heavy atom. The van der Waals surface area contributed by atoms with Gasteiger partial charge in [0.2, 0.25) is 0 Å². The van der Waals surface area contributed by atoms with Crippen molar-refractivity contribution < 1.29 is 0 Å². The van der Waals surface area contributed by atoms with Crippen LogP contribution >= 0.6 is 11.3 Å². The Morgan fingerprint density at radius 1 is 0.469 bits per heavy atom. The van der Waals surface area contributed by atoms with Gasteiger partial charge in [0.15, 0.2) is 22.4 Å². The Morgan fingerprint density at radius 3 is 1.82 bits per heavy atom. The minimum atomic E-state index is -0.0722. The van der Waals surface area contributed by atoms with Gasteiger partial charge < -0.3 is 4.57 Å². The van der Waals surface area contributed by atoms with Crippen LogP contribution in [0.4, 0.5) is 0 Å². The number of hydrogen-bond donors (Lipinski definition) is 0. The van der Waals surface area contributed by atoms with Crippen LogP contribution in [0.3, 0.4) is 0 Å². The zero-order valence-electron chi connectivity index (χ0n) is 25.9. The SMILES string of the molecule is O=c1c2cc3c(cc2sc2nc4ccccc4n12)c1ccccc1n3-c1cccc(-c2nc(-c3ccccc3)nc(-c3ccccc3)n2)c1. The van der Waals surface area contributed by atoms with Crippen molar-refractivity contribution in [1.29, 1.82) is 0 Å². The number of imidazole rings is 1. The van der Waals surface area contributed by atoms with E-state index in [9.17, 15) is 4.79 Å². The molecule has 8 heteroatoms. The largest absolute Gasteiger partial charge is 0.309 e. The summed E-state index contributed by atoms with van der Waals surface area (Å²) in [5, 5.41) is 2.84. The van der Waals surface area contributed by atoms with E-state index in [-0.39, 0.29) is 5.56 Å². The summed E-state index contributed by atoms with van der Waals surface area (Å²) >= 11 is 1.54. The van der Waals surface area contributed by atoms with E-state index in [1.54, 1.807) is 4.40 Å². The van der Waals surface area contributed by atoms with Gasteiger partial charge in [-0.05, 0) is 42.5 Å². The van der Waals surface area contributed by atoms with E-state index >= 15 is 0 Å². The zero-order chi connectivity index (χ0) is 32.5. The molecule has 0 bridgehead atoms. The van der Waals surface area contributed by atoms with Crippen LogP contribution in [0.15, 0.2) is 150 Å². The molecule has 10 rings (SSSR count). The quantitative estimate of drug-likeness (QED) is 0.190. The molecule has 0 aliphatic carbocycles. The predicted molar refractivity (Wildman–Crippen MR) is 198 cm³/mol. The second kappa shape index (κ2) is 10.8. The lowest BCUT2D eigenvalue weighted by Gasteiger charge is -2.12. The zero-order valence-corrected chi connectivity index (χ0v) is 26.7. The van der Waals surface area contributed by atoms with Crippen LogP contribution in [0.2, 0.25) is 0 Å². The van der Waals surface area contributed by atoms with Crippen molar-refractivity contribution in [3.63, 3.8) is 0 Å². The third kappa shape index (κ3) is 4.38. The number of para-hydroxylation sites is 3. The topological polar surface area (TPSA) is 78.0 Å². The Hall–Kier alpha value is -6.51. The van der Waals surface area contributed by atoms with Crippen LogP contribution in [-0.2, 0) is 0 Å². The fraction of sp³-hybridized carbons (Fsp3) is 0. The first-order chi connectivity index (χ1) is 24.2. The van der Waals surface area contributed by atoms with Gasteiger partial charge in [-0.2, -0.15) is 0 Å². The molecule has 0 N–H and O–H groups in total. The molecule has 4 aromatic heterocycles. The first kappa shape index (κ1) is 27.6. The summed E-state index contributed by atoms with van der Waals surface area (Å²) in [4.78, 5) is 34.4. The Labute approximate surface area is 283 Å². The minimum absolute atomic E-state index is 0.0722. The van der Waals surface area contributed by atoms with E-state index in [4.69, 9.17) is 19.9 Å². The normalized spacial score (nSPS) is 11.8. The highest BCUT2D eigenvalue weighted by Crippen LogP contribution is 2.37. The molecule has 0 unspecified atom stereocenters. The first-order valence-electron chi connectivity index (χ1n) is 15.9. The number of nitrogens with zero attached hydrogens (tertiary/aromatic N) is 6. The average molecular weight is 649 g/mol. The monoisotopic (exact) mass is 648 g/mol. The van der Waals surface area contributed by atoms with Crippen LogP contribution < -0.4 is 5.56 Å². The van der Waals surface area contributed by atoms with Crippen LogP contribution in [0.5, 0.6) is 0 Å². The molecular weight excluding hydrogens is 625 g/mol. The highest BCUT2D eigenvalue weighted by atomic mass is 32.1. The van der Waals surface area contributed by atoms with Gasteiger partial charge in [-0.25, -0.2) is 24.3 Å². The third-order valence-electron chi connectivity index (χ3n) is 9.00. The summed E-state index contributed by atoms with van der Waals surface area (Å²) in [6, 6.07) is 48.6. The van der Waals surface area contributed by atoms with Gasteiger partial charge in [-0.3, -0.25) is 4.79 Å². The third-order valence-corrected chi connectivity index (χ3v) is 10.0. The lowest BCUT2D eigenvalue weighted by Crippen LogP contribution is -2.11. The number of benzene rings is 6. The summed E-state index contributed by atoms with van der Waals surface area (Å²) in [7, 11) is 0. The summed E-state index contributed by atoms with van der Waals surface area (Å²) in [5.74, 6) is 1.81. The Kier molecular flexibility index (Phi) is 6.06. The summed E-state index contributed by atoms with van der Waals surface area (Å²) in [5.41, 5.74) is 7.19. The highest BCUT2D eigenvalue weighted by Gasteiger charge is 2.18. The van der Waals surface area contributed by atoms with Crippen molar-refractivity contribution in [2.75, 3.05) is 0 Å². The molecule has 230 valence electrons. The number of aromatic nitrogens is 6. The van der Waals surface area contributed by atoms with Gasteiger partial charge in [0.25, 0.3) is 5.56 Å². The average Bonchev–Trinajstić information content (AvgIpc) is 3.70. The van der Waals surface area contributed by atoms with Gasteiger partial charge in [-0.1, -0.05) is 114 Å². The van der Waals surface area contributed by atoms with Crippen LogP contribution in [0, 0.1) is 0 Å². The fourth-order valence-electron chi connectivity index (χ4n) is 6.73. The molecule has 6 aromatic carbocycles. The summed E-state index contributed by atoms with van der Waals surface area (Å²) in [6.07, 6.45) is 0. The van der Waals surface area contributed by atoms with E-state index in [2.05, 4.69) is 41.0 Å². The molecule has 0 amide bonds. The van der Waals surface area contributed by atoms with Crippen molar-refractivity contribution in [2.24, 2.45) is 0 Å². The molecule has 0 aliphatic rings. The van der Waals surface area contributed by atoms with Gasteiger partial charge in [0, 0.05) is 37.9 Å². The standard InChI is InChI=1S/C41H24N6OS/c48-40-31-23-35-30(24-36(31)49-41-42-32-19-8-10-21-34(32)47(40)41)29-18-7-9-20-33(29)46(35)28-17-11-16-27(22-28)39-44-37(25-12-3-1-4-13-25)43-38(45-39)26-14-5-2-6-15-26/h1-24H. The number of fused-ring (bicyclic) bond motifs is 7. The Balaban J connectivity index is 1.21. The van der Waals surface area contributed by atoms with Crippen molar-refractivity contribution in [2.45, 2.75) is 0 Å². The molecule has 0 atom stereocenters. The van der Waals surface area contributed by atoms with Crippen molar-refractivity contribution in [3.05, 3.63) is 156 Å². The molecule has 0 aliphatic heterocycles. The van der Waals surface area contributed by atoms with Crippen molar-refractivity contribution >= 4 is 59.2 Å². The molecule has 7 nitrogen and oxygen atoms in total. The lowest BCUT2D eigenvalue weighted by atomic mass is 10.1. The van der Waals surface area contributed by atoms with Crippen molar-refractivity contribution in [1.82, 2.24) is 28.9 Å². The molecule has 49 heavy (non-hydrogen) atoms. The van der Waals surface area contributed by atoms with E-state index < -0.39 is 0 Å². The molecule has 10 aromatic rings. The molecule has 0 saturated carbocycles. The van der Waals surface area contributed by atoms with E-state index in [1.165, 1.54) is 11.3 Å². The highest BCUT2D eigenvalue weighted by molar-refractivity contribution is 7.23. The van der Waals surface area contributed by atoms with Gasteiger partial charge in [-0.15, -0.1) is 0 Å². The smallest absolute Gasteiger partial charge is 0.266 e. The van der Waals surface area contributed by atoms with Gasteiger partial charge in [0.05, 0.1) is 27.5 Å². The summed E-state index contributed by atoms with van der Waals surface area (Å²) < 4.78 is 4.87. The predicted octanol–water partition coefficient (Wildman–Crippen LogP) is 9.35. The van der Waals surface area contributed by atoms with Crippen LogP contribution in [0.25, 0.3) is 87.7 Å². The summed E-state index contributed by atoms with van der Waals surface area (Å²) in [6.45, 7) is 0. The molecule has 4 heterocycles. The van der Waals surface area contributed by atoms with Gasteiger partial charge >= 0.3 is 0 Å². The van der Waals surface area contributed by atoms with Crippen molar-refractivity contribution in [3.8, 4) is 39.9 Å². The second-order valence-corrected chi connectivity index (χ2v) is 12.9. The second-order valence-electron chi connectivity index (χ2n) is 11.9. The van der Waals surface area contributed by atoms with E-state index in [0.717, 1.165) is 59.9 Å². The fourth-order valence-corrected chi connectivity index (χ4v) is 7.78. The van der Waals surface area contributed by atoms with Gasteiger partial charge in [0.1, 0.15) is 0 Å². The van der Waals surface area contributed by atoms with Crippen LogP contribution in [0.1, 0.15) is 0 Å². The maximum absolute atomic E-state index is 14.1. The number of hydrogen-bond acceptors (Lipinski definition) is 6. The maximum Gasteiger partial charge on any atom is 0.266 e. The van der Waals surface area contributed by atoms with E-state index in [1.807, 2.05) is 109 Å².